The third kappa shape index (κ3) is 3.83. The molecule has 0 unspecified atom stereocenters. The number of carbonyl (C=O) groups excluding carboxylic acids is 1. The number of hydrogen-bond acceptors (Lipinski definition) is 4. The first-order valence-corrected chi connectivity index (χ1v) is 7.15. The summed E-state index contributed by atoms with van der Waals surface area (Å²) in [6.07, 6.45) is 8.57. The smallest absolute Gasteiger partial charge is 0.328 e. The van der Waals surface area contributed by atoms with Crippen molar-refractivity contribution in [2.45, 2.75) is 13.3 Å². The van der Waals surface area contributed by atoms with Gasteiger partial charge in [0.2, 0.25) is 0 Å². The van der Waals surface area contributed by atoms with E-state index in [2.05, 4.69) is 5.92 Å². The molecule has 0 saturated carbocycles. The minimum atomic E-state index is -1.06. The van der Waals surface area contributed by atoms with Crippen molar-refractivity contribution in [3.8, 4) is 23.8 Å². The van der Waals surface area contributed by atoms with E-state index in [4.69, 9.17) is 21.0 Å². The van der Waals surface area contributed by atoms with Gasteiger partial charge < -0.3 is 14.6 Å². The van der Waals surface area contributed by atoms with E-state index >= 15 is 0 Å². The van der Waals surface area contributed by atoms with Crippen LogP contribution in [0.1, 0.15) is 18.9 Å². The largest absolute Gasteiger partial charge is 0.490 e. The number of carboxylic acid groups (broad SMARTS) is 1. The van der Waals surface area contributed by atoms with Gasteiger partial charge in [0.05, 0.1) is 18.8 Å². The lowest BCUT2D eigenvalue weighted by atomic mass is 10.1. The Kier molecular flexibility index (Phi) is 5.26. The molecule has 2 rings (SSSR count). The Morgan fingerprint density at radius 1 is 1.57 bits per heavy atom. The summed E-state index contributed by atoms with van der Waals surface area (Å²) in [5.41, 5.74) is 1.07. The van der Waals surface area contributed by atoms with Crippen molar-refractivity contribution in [3.63, 3.8) is 0 Å². The van der Waals surface area contributed by atoms with Crippen LogP contribution in [0.3, 0.4) is 0 Å². The summed E-state index contributed by atoms with van der Waals surface area (Å²) in [6.45, 7) is 2.44. The molecule has 1 aromatic carbocycles. The van der Waals surface area contributed by atoms with Crippen LogP contribution < -0.4 is 14.4 Å². The topological polar surface area (TPSA) is 76.1 Å². The Labute approximate surface area is 134 Å². The monoisotopic (exact) mass is 315 g/mol. The van der Waals surface area contributed by atoms with Crippen LogP contribution in [-0.2, 0) is 9.59 Å². The van der Waals surface area contributed by atoms with E-state index in [1.54, 1.807) is 12.1 Å². The second kappa shape index (κ2) is 7.36. The number of anilines is 1. The second-order valence-electron chi connectivity index (χ2n) is 4.86. The molecule has 0 fully saturated rings. The molecule has 1 aliphatic rings. The predicted molar refractivity (Wildman–Crippen MR) is 85.6 cm³/mol. The number of amides is 1. The molecule has 1 N–H and O–H groups in total. The number of carboxylic acids is 1. The number of ether oxygens (including phenoxy) is 2. The van der Waals surface area contributed by atoms with Gasteiger partial charge in [0.15, 0.2) is 18.1 Å². The number of rotatable bonds is 6. The highest BCUT2D eigenvalue weighted by atomic mass is 16.5. The van der Waals surface area contributed by atoms with Crippen LogP contribution in [0.5, 0.6) is 11.5 Å². The van der Waals surface area contributed by atoms with Gasteiger partial charge in [-0.2, -0.15) is 0 Å². The maximum atomic E-state index is 12.0. The number of fused-ring (bicyclic) bond motifs is 1. The van der Waals surface area contributed by atoms with Crippen molar-refractivity contribution in [1.29, 1.82) is 0 Å². The minimum absolute atomic E-state index is 0.106. The van der Waals surface area contributed by atoms with Crippen molar-refractivity contribution in [1.82, 2.24) is 0 Å². The summed E-state index contributed by atoms with van der Waals surface area (Å²) in [6, 6.07) is 3.33. The van der Waals surface area contributed by atoms with E-state index < -0.39 is 5.97 Å². The zero-order valence-electron chi connectivity index (χ0n) is 12.7. The van der Waals surface area contributed by atoms with Crippen LogP contribution >= 0.6 is 0 Å². The first kappa shape index (κ1) is 16.4. The average Bonchev–Trinajstić information content (AvgIpc) is 2.53. The maximum Gasteiger partial charge on any atom is 0.328 e. The van der Waals surface area contributed by atoms with Gasteiger partial charge >= 0.3 is 5.97 Å². The van der Waals surface area contributed by atoms with Crippen LogP contribution in [0.2, 0.25) is 0 Å². The molecule has 23 heavy (non-hydrogen) atoms. The third-order valence-electron chi connectivity index (χ3n) is 3.12. The average molecular weight is 315 g/mol. The summed E-state index contributed by atoms with van der Waals surface area (Å²) in [5.74, 6) is 2.03. The van der Waals surface area contributed by atoms with Crippen molar-refractivity contribution < 1.29 is 24.2 Å². The lowest BCUT2D eigenvalue weighted by Gasteiger charge is -2.29. The zero-order valence-corrected chi connectivity index (χ0v) is 12.7. The minimum Gasteiger partial charge on any atom is -0.490 e. The number of terminal acetylenes is 1. The molecule has 0 atom stereocenters. The van der Waals surface area contributed by atoms with Gasteiger partial charge in [0, 0.05) is 6.08 Å². The number of aliphatic carboxylic acids is 1. The molecular formula is C17H17NO5. The molecular weight excluding hydrogens is 298 g/mol. The molecule has 0 aromatic heterocycles. The first-order valence-electron chi connectivity index (χ1n) is 7.15. The van der Waals surface area contributed by atoms with Crippen LogP contribution in [0.15, 0.2) is 18.2 Å². The van der Waals surface area contributed by atoms with Crippen molar-refractivity contribution in [2.24, 2.45) is 0 Å². The highest BCUT2D eigenvalue weighted by Crippen LogP contribution is 2.42. The van der Waals surface area contributed by atoms with Gasteiger partial charge in [-0.25, -0.2) is 4.79 Å². The Morgan fingerprint density at radius 3 is 3.00 bits per heavy atom. The van der Waals surface area contributed by atoms with Crippen LogP contribution in [-0.4, -0.2) is 36.7 Å². The van der Waals surface area contributed by atoms with Gasteiger partial charge in [0.25, 0.3) is 5.91 Å². The number of hydrogen-bond donors (Lipinski definition) is 1. The van der Waals surface area contributed by atoms with Gasteiger partial charge in [-0.15, -0.1) is 6.42 Å². The molecule has 0 spiro atoms. The van der Waals surface area contributed by atoms with Crippen molar-refractivity contribution in [2.75, 3.05) is 24.7 Å². The molecule has 6 nitrogen and oxygen atoms in total. The van der Waals surface area contributed by atoms with Crippen molar-refractivity contribution >= 4 is 23.6 Å². The SMILES string of the molecule is C#CCN1C(=O)COc2c(OCCC)cc(/C=C/C(=O)O)cc21. The molecule has 1 aliphatic heterocycles. The molecule has 0 aliphatic carbocycles. The van der Waals surface area contributed by atoms with Crippen molar-refractivity contribution in [3.05, 3.63) is 23.8 Å². The Bertz CT molecular complexity index is 687. The summed E-state index contributed by atoms with van der Waals surface area (Å²) in [5, 5.41) is 8.77. The van der Waals surface area contributed by atoms with Gasteiger partial charge in [-0.1, -0.05) is 12.8 Å². The molecule has 1 heterocycles. The van der Waals surface area contributed by atoms with E-state index in [1.165, 1.54) is 11.0 Å². The lowest BCUT2D eigenvalue weighted by Crippen LogP contribution is -2.39. The fourth-order valence-corrected chi connectivity index (χ4v) is 2.15. The van der Waals surface area contributed by atoms with E-state index in [1.807, 2.05) is 6.92 Å². The lowest BCUT2D eigenvalue weighted by molar-refractivity contribution is -0.131. The Morgan fingerprint density at radius 2 is 2.35 bits per heavy atom. The molecule has 6 heteroatoms. The third-order valence-corrected chi connectivity index (χ3v) is 3.12. The summed E-state index contributed by atoms with van der Waals surface area (Å²) in [4.78, 5) is 24.1. The van der Waals surface area contributed by atoms with Gasteiger partial charge in [0.1, 0.15) is 0 Å². The predicted octanol–water partition coefficient (Wildman–Crippen LogP) is 1.93. The van der Waals surface area contributed by atoms with E-state index in [0.29, 0.717) is 29.4 Å². The number of carbonyl (C=O) groups is 2. The van der Waals surface area contributed by atoms with E-state index in [-0.39, 0.29) is 19.1 Å². The molecule has 1 amide bonds. The number of benzene rings is 1. The summed E-state index contributed by atoms with van der Waals surface area (Å²) in [7, 11) is 0. The normalized spacial score (nSPS) is 13.4. The van der Waals surface area contributed by atoms with Crippen LogP contribution in [0, 0.1) is 12.3 Å². The fourth-order valence-electron chi connectivity index (χ4n) is 2.15. The molecule has 0 radical (unpaired) electrons. The van der Waals surface area contributed by atoms with Gasteiger partial charge in [-0.3, -0.25) is 9.69 Å². The fraction of sp³-hybridized carbons (Fsp3) is 0.294. The highest BCUT2D eigenvalue weighted by Gasteiger charge is 2.28. The highest BCUT2D eigenvalue weighted by molar-refractivity contribution is 5.99. The Hall–Kier alpha value is -2.94. The maximum absolute atomic E-state index is 12.0. The Balaban J connectivity index is 2.51. The standard InChI is InChI=1S/C17H17NO5/c1-3-7-18-13-9-12(5-6-16(20)21)10-14(22-8-4-2)17(13)23-11-15(18)19/h1,5-6,9-10H,4,7-8,11H2,2H3,(H,20,21)/b6-5+. The van der Waals surface area contributed by atoms with Crippen LogP contribution in [0.4, 0.5) is 5.69 Å². The molecule has 0 bridgehead atoms. The quantitative estimate of drug-likeness (QED) is 0.641. The number of nitrogens with zero attached hydrogens (tertiary/aromatic N) is 1. The van der Waals surface area contributed by atoms with E-state index in [9.17, 15) is 9.59 Å². The van der Waals surface area contributed by atoms with E-state index in [0.717, 1.165) is 12.5 Å². The van der Waals surface area contributed by atoms with Crippen LogP contribution in [0.25, 0.3) is 6.08 Å². The summed E-state index contributed by atoms with van der Waals surface area (Å²) >= 11 is 0. The molecule has 120 valence electrons. The van der Waals surface area contributed by atoms with Gasteiger partial charge in [-0.05, 0) is 30.2 Å². The molecule has 0 saturated heterocycles. The second-order valence-corrected chi connectivity index (χ2v) is 4.86. The zero-order chi connectivity index (χ0) is 16.8. The summed E-state index contributed by atoms with van der Waals surface area (Å²) < 4.78 is 11.2. The molecule has 1 aromatic rings. The first-order chi connectivity index (χ1) is 11.1.